The van der Waals surface area contributed by atoms with Gasteiger partial charge in [-0.05, 0) is 11.6 Å². The van der Waals surface area contributed by atoms with Crippen molar-refractivity contribution in [1.82, 2.24) is 4.90 Å². The van der Waals surface area contributed by atoms with Crippen LogP contribution in [0.2, 0.25) is 10.0 Å². The third kappa shape index (κ3) is 2.26. The Morgan fingerprint density at radius 3 is 3.00 bits per heavy atom. The van der Waals surface area contributed by atoms with E-state index in [1.807, 2.05) is 17.0 Å². The highest BCUT2D eigenvalue weighted by Crippen LogP contribution is 2.34. The Kier molecular flexibility index (Phi) is 3.60. The summed E-state index contributed by atoms with van der Waals surface area (Å²) in [7, 11) is 0. The molecular formula is C12H13Cl2N3. The molecule has 0 fully saturated rings. The zero-order chi connectivity index (χ0) is 12.4. The first-order valence-electron chi connectivity index (χ1n) is 5.26. The summed E-state index contributed by atoms with van der Waals surface area (Å²) in [5, 5.41) is 1.12. The number of hydrogen-bond acceptors (Lipinski definition) is 3. The van der Waals surface area contributed by atoms with Crippen molar-refractivity contribution < 1.29 is 0 Å². The first-order valence-corrected chi connectivity index (χ1v) is 6.02. The average Bonchev–Trinajstić information content (AvgIpc) is 2.66. The van der Waals surface area contributed by atoms with Crippen molar-refractivity contribution in [2.24, 2.45) is 10.7 Å². The maximum atomic E-state index is 6.21. The molecule has 1 aliphatic heterocycles. The molecule has 0 spiro atoms. The van der Waals surface area contributed by atoms with Crippen LogP contribution in [0.4, 0.5) is 0 Å². The fourth-order valence-corrected chi connectivity index (χ4v) is 2.37. The van der Waals surface area contributed by atoms with E-state index in [-0.39, 0.29) is 6.04 Å². The van der Waals surface area contributed by atoms with Crippen molar-refractivity contribution >= 4 is 29.2 Å². The van der Waals surface area contributed by atoms with Crippen molar-refractivity contribution in [3.63, 3.8) is 0 Å². The standard InChI is InChI=1S/C12H13Cl2N3/c1-2-6-17-10(7-16-12(17)15)8-4-3-5-9(13)11(8)14/h2-5,10H,1,6-7H2,(H2,15,16). The zero-order valence-corrected chi connectivity index (χ0v) is 10.7. The lowest BCUT2D eigenvalue weighted by Gasteiger charge is -2.26. The summed E-state index contributed by atoms with van der Waals surface area (Å²) in [6, 6.07) is 5.64. The molecule has 2 N–H and O–H groups in total. The van der Waals surface area contributed by atoms with Crippen LogP contribution in [0.1, 0.15) is 11.6 Å². The van der Waals surface area contributed by atoms with Gasteiger partial charge in [0.05, 0.1) is 22.6 Å². The quantitative estimate of drug-likeness (QED) is 0.858. The predicted octanol–water partition coefficient (Wildman–Crippen LogP) is 2.85. The molecule has 1 unspecified atom stereocenters. The number of nitrogens with two attached hydrogens (primary N) is 1. The Morgan fingerprint density at radius 2 is 2.29 bits per heavy atom. The topological polar surface area (TPSA) is 41.6 Å². The predicted molar refractivity (Wildman–Crippen MR) is 72.6 cm³/mol. The van der Waals surface area contributed by atoms with Gasteiger partial charge >= 0.3 is 0 Å². The van der Waals surface area contributed by atoms with E-state index < -0.39 is 0 Å². The normalized spacial score (nSPS) is 19.3. The van der Waals surface area contributed by atoms with Gasteiger partial charge in [-0.2, -0.15) is 0 Å². The first-order chi connectivity index (χ1) is 8.15. The molecule has 90 valence electrons. The second-order valence-electron chi connectivity index (χ2n) is 3.80. The highest BCUT2D eigenvalue weighted by atomic mass is 35.5. The van der Waals surface area contributed by atoms with Crippen molar-refractivity contribution in [2.45, 2.75) is 6.04 Å². The fraction of sp³-hybridized carbons (Fsp3) is 0.250. The molecule has 1 aromatic carbocycles. The molecule has 0 aromatic heterocycles. The first kappa shape index (κ1) is 12.3. The van der Waals surface area contributed by atoms with Crippen LogP contribution in [0.3, 0.4) is 0 Å². The second kappa shape index (κ2) is 4.98. The SMILES string of the molecule is C=CCN1C(N)=NCC1c1cccc(Cl)c1Cl. The van der Waals surface area contributed by atoms with E-state index in [9.17, 15) is 0 Å². The Balaban J connectivity index is 2.34. The van der Waals surface area contributed by atoms with Crippen LogP contribution in [-0.4, -0.2) is 23.9 Å². The van der Waals surface area contributed by atoms with Crippen LogP contribution in [0, 0.1) is 0 Å². The van der Waals surface area contributed by atoms with Crippen LogP contribution < -0.4 is 5.73 Å². The lowest BCUT2D eigenvalue weighted by molar-refractivity contribution is 0.380. The summed E-state index contributed by atoms with van der Waals surface area (Å²) in [6.07, 6.45) is 1.79. The average molecular weight is 270 g/mol. The molecule has 1 aromatic rings. The summed E-state index contributed by atoms with van der Waals surface area (Å²) in [6.45, 7) is 4.95. The third-order valence-electron chi connectivity index (χ3n) is 2.76. The van der Waals surface area contributed by atoms with Gasteiger partial charge < -0.3 is 10.6 Å². The maximum absolute atomic E-state index is 6.21. The number of halogens is 2. The van der Waals surface area contributed by atoms with E-state index in [0.717, 1.165) is 5.56 Å². The van der Waals surface area contributed by atoms with Crippen LogP contribution >= 0.6 is 23.2 Å². The Morgan fingerprint density at radius 1 is 1.53 bits per heavy atom. The molecule has 5 heteroatoms. The second-order valence-corrected chi connectivity index (χ2v) is 4.58. The molecule has 1 heterocycles. The Labute approximate surface area is 111 Å². The van der Waals surface area contributed by atoms with E-state index in [4.69, 9.17) is 28.9 Å². The molecule has 0 saturated carbocycles. The van der Waals surface area contributed by atoms with Crippen LogP contribution in [0.25, 0.3) is 0 Å². The minimum Gasteiger partial charge on any atom is -0.370 e. The van der Waals surface area contributed by atoms with Crippen molar-refractivity contribution in [3.8, 4) is 0 Å². The molecule has 17 heavy (non-hydrogen) atoms. The molecule has 0 saturated heterocycles. The Hall–Kier alpha value is -1.19. The maximum Gasteiger partial charge on any atom is 0.192 e. The van der Waals surface area contributed by atoms with E-state index in [1.54, 1.807) is 12.1 Å². The number of nitrogens with zero attached hydrogens (tertiary/aromatic N) is 2. The molecule has 2 rings (SSSR count). The highest BCUT2D eigenvalue weighted by Gasteiger charge is 2.28. The minimum atomic E-state index is 0.0409. The monoisotopic (exact) mass is 269 g/mol. The van der Waals surface area contributed by atoms with Gasteiger partial charge in [-0.1, -0.05) is 41.4 Å². The summed E-state index contributed by atoms with van der Waals surface area (Å²) in [5.74, 6) is 0.519. The van der Waals surface area contributed by atoms with Crippen LogP contribution in [0.5, 0.6) is 0 Å². The van der Waals surface area contributed by atoms with Crippen LogP contribution in [0.15, 0.2) is 35.8 Å². The smallest absolute Gasteiger partial charge is 0.192 e. The lowest BCUT2D eigenvalue weighted by atomic mass is 10.1. The van der Waals surface area contributed by atoms with Gasteiger partial charge in [0.1, 0.15) is 0 Å². The lowest BCUT2D eigenvalue weighted by Crippen LogP contribution is -2.36. The number of hydrogen-bond donors (Lipinski definition) is 1. The van der Waals surface area contributed by atoms with E-state index in [0.29, 0.717) is 29.1 Å². The summed E-state index contributed by atoms with van der Waals surface area (Å²) in [5.41, 5.74) is 6.78. The van der Waals surface area contributed by atoms with Gasteiger partial charge in [0.2, 0.25) is 0 Å². The Bertz CT molecular complexity index is 471. The summed E-state index contributed by atoms with van der Waals surface area (Å²) >= 11 is 12.2. The molecule has 3 nitrogen and oxygen atoms in total. The fourth-order valence-electron chi connectivity index (χ4n) is 1.93. The van der Waals surface area contributed by atoms with Crippen LogP contribution in [-0.2, 0) is 0 Å². The van der Waals surface area contributed by atoms with E-state index >= 15 is 0 Å². The van der Waals surface area contributed by atoms with Gasteiger partial charge in [0.25, 0.3) is 0 Å². The largest absolute Gasteiger partial charge is 0.370 e. The number of aliphatic imine (C=N–C) groups is 1. The van der Waals surface area contributed by atoms with Crippen molar-refractivity contribution in [1.29, 1.82) is 0 Å². The van der Waals surface area contributed by atoms with Gasteiger partial charge in [-0.15, -0.1) is 6.58 Å². The molecular weight excluding hydrogens is 257 g/mol. The third-order valence-corrected chi connectivity index (χ3v) is 3.60. The number of guanidine groups is 1. The number of rotatable bonds is 3. The van der Waals surface area contributed by atoms with Gasteiger partial charge in [0.15, 0.2) is 5.96 Å². The van der Waals surface area contributed by atoms with E-state index in [2.05, 4.69) is 11.6 Å². The van der Waals surface area contributed by atoms with Crippen molar-refractivity contribution in [2.75, 3.05) is 13.1 Å². The molecule has 0 radical (unpaired) electrons. The van der Waals surface area contributed by atoms with E-state index in [1.165, 1.54) is 0 Å². The molecule has 0 bridgehead atoms. The van der Waals surface area contributed by atoms with Gasteiger partial charge in [-0.3, -0.25) is 4.99 Å². The minimum absolute atomic E-state index is 0.0409. The summed E-state index contributed by atoms with van der Waals surface area (Å²) < 4.78 is 0. The highest BCUT2D eigenvalue weighted by molar-refractivity contribution is 6.42. The summed E-state index contributed by atoms with van der Waals surface area (Å²) in [4.78, 5) is 6.20. The van der Waals surface area contributed by atoms with Gasteiger partial charge in [-0.25, -0.2) is 0 Å². The van der Waals surface area contributed by atoms with Crippen molar-refractivity contribution in [3.05, 3.63) is 46.5 Å². The number of benzene rings is 1. The molecule has 1 aliphatic rings. The molecule has 0 aliphatic carbocycles. The molecule has 1 atom stereocenters. The molecule has 0 amide bonds. The van der Waals surface area contributed by atoms with Gasteiger partial charge in [0, 0.05) is 6.54 Å². The zero-order valence-electron chi connectivity index (χ0n) is 9.24.